The van der Waals surface area contributed by atoms with Gasteiger partial charge >= 0.3 is 0 Å². The third-order valence-electron chi connectivity index (χ3n) is 3.42. The lowest BCUT2D eigenvalue weighted by atomic mass is 10.1. The molecule has 0 aliphatic carbocycles. The first-order chi connectivity index (χ1) is 11.5. The van der Waals surface area contributed by atoms with Crippen molar-refractivity contribution < 1.29 is 14.7 Å². The molecule has 0 radical (unpaired) electrons. The standard InChI is InChI=1S/C17H11BrN2O3S/c18-11-5-7-12(8-6-11)20-16(23)13(15(22)19-17(20)24)9-10-3-1-2-4-14(10)21/h1-9,21H,(H,19,22,24)/b13-9-. The maximum atomic E-state index is 12.8. The highest BCUT2D eigenvalue weighted by molar-refractivity contribution is 9.10. The van der Waals surface area contributed by atoms with Gasteiger partial charge in [0.05, 0.1) is 5.69 Å². The Morgan fingerprint density at radius 2 is 1.75 bits per heavy atom. The molecule has 1 heterocycles. The summed E-state index contributed by atoms with van der Waals surface area (Å²) >= 11 is 8.45. The van der Waals surface area contributed by atoms with E-state index in [1.165, 1.54) is 17.0 Å². The summed E-state index contributed by atoms with van der Waals surface area (Å²) in [6.45, 7) is 0. The average molecular weight is 403 g/mol. The number of aromatic hydroxyl groups is 1. The minimum Gasteiger partial charge on any atom is -0.507 e. The molecule has 0 bridgehead atoms. The molecule has 2 amide bonds. The van der Waals surface area contributed by atoms with Gasteiger partial charge in [0.2, 0.25) is 0 Å². The van der Waals surface area contributed by atoms with Crippen LogP contribution in [0.1, 0.15) is 5.56 Å². The van der Waals surface area contributed by atoms with Crippen LogP contribution in [0.4, 0.5) is 5.69 Å². The molecule has 24 heavy (non-hydrogen) atoms. The van der Waals surface area contributed by atoms with Crippen molar-refractivity contribution in [3.8, 4) is 5.75 Å². The van der Waals surface area contributed by atoms with E-state index in [1.807, 2.05) is 0 Å². The number of carbonyl (C=O) groups excluding carboxylic acids is 2. The summed E-state index contributed by atoms with van der Waals surface area (Å²) in [6.07, 6.45) is 1.35. The van der Waals surface area contributed by atoms with Crippen LogP contribution in [-0.2, 0) is 9.59 Å². The summed E-state index contributed by atoms with van der Waals surface area (Å²) in [5.41, 5.74) is 0.809. The number of rotatable bonds is 2. The Hall–Kier alpha value is -2.51. The lowest BCUT2D eigenvalue weighted by molar-refractivity contribution is -0.122. The van der Waals surface area contributed by atoms with Crippen LogP contribution < -0.4 is 10.2 Å². The number of nitrogens with one attached hydrogen (secondary N) is 1. The maximum absolute atomic E-state index is 12.8. The number of anilines is 1. The van der Waals surface area contributed by atoms with Crippen LogP contribution in [0.15, 0.2) is 58.6 Å². The third kappa shape index (κ3) is 3.08. The second-order valence-electron chi connectivity index (χ2n) is 4.99. The zero-order valence-corrected chi connectivity index (χ0v) is 14.6. The molecule has 120 valence electrons. The van der Waals surface area contributed by atoms with Crippen molar-refractivity contribution >= 4 is 56.8 Å². The van der Waals surface area contributed by atoms with Gasteiger partial charge in [0.15, 0.2) is 5.11 Å². The third-order valence-corrected chi connectivity index (χ3v) is 4.24. The molecule has 1 saturated heterocycles. The van der Waals surface area contributed by atoms with E-state index in [0.29, 0.717) is 11.3 Å². The molecular weight excluding hydrogens is 392 g/mol. The summed E-state index contributed by atoms with van der Waals surface area (Å²) in [5.74, 6) is -1.16. The zero-order valence-electron chi connectivity index (χ0n) is 12.2. The van der Waals surface area contributed by atoms with E-state index in [-0.39, 0.29) is 16.4 Å². The van der Waals surface area contributed by atoms with Crippen molar-refractivity contribution in [1.82, 2.24) is 5.32 Å². The first-order valence-electron chi connectivity index (χ1n) is 6.92. The Labute approximate surface area is 151 Å². The van der Waals surface area contributed by atoms with Crippen molar-refractivity contribution in [3.63, 3.8) is 0 Å². The van der Waals surface area contributed by atoms with E-state index in [1.54, 1.807) is 42.5 Å². The maximum Gasteiger partial charge on any atom is 0.270 e. The number of phenols is 1. The number of amides is 2. The van der Waals surface area contributed by atoms with Gasteiger partial charge in [-0.2, -0.15) is 0 Å². The molecule has 2 N–H and O–H groups in total. The van der Waals surface area contributed by atoms with Gasteiger partial charge in [0, 0.05) is 10.0 Å². The van der Waals surface area contributed by atoms with E-state index in [2.05, 4.69) is 21.2 Å². The Kier molecular flexibility index (Phi) is 4.46. The fraction of sp³-hybridized carbons (Fsp3) is 0. The number of phenolic OH excluding ortho intramolecular Hbond substituents is 1. The molecule has 1 fully saturated rings. The Balaban J connectivity index is 2.03. The summed E-state index contributed by atoms with van der Waals surface area (Å²) < 4.78 is 0.857. The van der Waals surface area contributed by atoms with Crippen LogP contribution in [0.25, 0.3) is 6.08 Å². The fourth-order valence-corrected chi connectivity index (χ4v) is 2.79. The average Bonchev–Trinajstić information content (AvgIpc) is 2.54. The van der Waals surface area contributed by atoms with Gasteiger partial charge in [-0.25, -0.2) is 0 Å². The molecule has 1 aliphatic heterocycles. The summed E-state index contributed by atoms with van der Waals surface area (Å²) in [5, 5.41) is 12.4. The van der Waals surface area contributed by atoms with Crippen LogP contribution >= 0.6 is 28.1 Å². The van der Waals surface area contributed by atoms with Crippen molar-refractivity contribution in [2.75, 3.05) is 4.90 Å². The predicted octanol–water partition coefficient (Wildman–Crippen LogP) is 2.99. The van der Waals surface area contributed by atoms with Crippen molar-refractivity contribution in [2.45, 2.75) is 0 Å². The molecule has 0 saturated carbocycles. The predicted molar refractivity (Wildman–Crippen MR) is 98.5 cm³/mol. The topological polar surface area (TPSA) is 69.6 Å². The number of nitrogens with zero attached hydrogens (tertiary/aromatic N) is 1. The highest BCUT2D eigenvalue weighted by Crippen LogP contribution is 2.25. The second kappa shape index (κ2) is 6.54. The second-order valence-corrected chi connectivity index (χ2v) is 6.30. The molecule has 1 aliphatic rings. The van der Waals surface area contributed by atoms with Gasteiger partial charge in [-0.3, -0.25) is 19.8 Å². The van der Waals surface area contributed by atoms with Crippen molar-refractivity contribution in [2.24, 2.45) is 0 Å². The van der Waals surface area contributed by atoms with Crippen LogP contribution in [-0.4, -0.2) is 22.0 Å². The van der Waals surface area contributed by atoms with E-state index in [9.17, 15) is 14.7 Å². The molecule has 5 nitrogen and oxygen atoms in total. The van der Waals surface area contributed by atoms with Gasteiger partial charge in [-0.1, -0.05) is 34.1 Å². The van der Waals surface area contributed by atoms with Crippen LogP contribution in [0, 0.1) is 0 Å². The first kappa shape index (κ1) is 16.4. The number of thiocarbonyl (C=S) groups is 1. The Bertz CT molecular complexity index is 878. The molecule has 0 unspecified atom stereocenters. The van der Waals surface area contributed by atoms with E-state index < -0.39 is 11.8 Å². The monoisotopic (exact) mass is 402 g/mol. The lowest BCUT2D eigenvalue weighted by Crippen LogP contribution is -2.54. The van der Waals surface area contributed by atoms with Crippen molar-refractivity contribution in [1.29, 1.82) is 0 Å². The molecule has 7 heteroatoms. The van der Waals surface area contributed by atoms with Gasteiger partial charge in [0.1, 0.15) is 11.3 Å². The highest BCUT2D eigenvalue weighted by Gasteiger charge is 2.34. The number of benzene rings is 2. The Morgan fingerprint density at radius 3 is 2.42 bits per heavy atom. The van der Waals surface area contributed by atoms with Crippen LogP contribution in [0.2, 0.25) is 0 Å². The smallest absolute Gasteiger partial charge is 0.270 e. The number of carbonyl (C=O) groups is 2. The number of hydrogen-bond acceptors (Lipinski definition) is 4. The summed E-state index contributed by atoms with van der Waals surface area (Å²) in [4.78, 5) is 26.2. The lowest BCUT2D eigenvalue weighted by Gasteiger charge is -2.29. The number of halogens is 1. The Morgan fingerprint density at radius 1 is 1.08 bits per heavy atom. The fourth-order valence-electron chi connectivity index (χ4n) is 2.25. The molecule has 2 aromatic rings. The van der Waals surface area contributed by atoms with E-state index in [0.717, 1.165) is 4.47 Å². The summed E-state index contributed by atoms with van der Waals surface area (Å²) in [7, 11) is 0. The number of para-hydroxylation sites is 1. The van der Waals surface area contributed by atoms with Gasteiger partial charge in [-0.15, -0.1) is 0 Å². The molecule has 3 rings (SSSR count). The SMILES string of the molecule is O=C1NC(=S)N(c2ccc(Br)cc2)C(=O)/C1=C\c1ccccc1O. The molecule has 0 spiro atoms. The molecule has 0 atom stereocenters. The zero-order chi connectivity index (χ0) is 17.3. The van der Waals surface area contributed by atoms with Crippen LogP contribution in [0.5, 0.6) is 5.75 Å². The summed E-state index contributed by atoms with van der Waals surface area (Å²) in [6, 6.07) is 13.4. The first-order valence-corrected chi connectivity index (χ1v) is 8.12. The van der Waals surface area contributed by atoms with E-state index >= 15 is 0 Å². The highest BCUT2D eigenvalue weighted by atomic mass is 79.9. The van der Waals surface area contributed by atoms with Crippen LogP contribution in [0.3, 0.4) is 0 Å². The van der Waals surface area contributed by atoms with E-state index in [4.69, 9.17) is 12.2 Å². The van der Waals surface area contributed by atoms with Crippen molar-refractivity contribution in [3.05, 3.63) is 64.1 Å². The quantitative estimate of drug-likeness (QED) is 0.460. The van der Waals surface area contributed by atoms with Gasteiger partial charge < -0.3 is 5.11 Å². The number of hydrogen-bond donors (Lipinski definition) is 2. The minimum atomic E-state index is -0.596. The minimum absolute atomic E-state index is 0.0155. The molecule has 0 aromatic heterocycles. The van der Waals surface area contributed by atoms with Gasteiger partial charge in [0.25, 0.3) is 11.8 Å². The largest absolute Gasteiger partial charge is 0.507 e. The van der Waals surface area contributed by atoms with Gasteiger partial charge in [-0.05, 0) is 48.6 Å². The molecule has 2 aromatic carbocycles. The normalized spacial score (nSPS) is 16.5. The molecular formula is C17H11BrN2O3S.